The molecule has 1 unspecified atom stereocenters. The molecular formula is C9H12N2O2S. The molecule has 4 nitrogen and oxygen atoms in total. The van der Waals surface area contributed by atoms with Gasteiger partial charge in [0, 0.05) is 6.20 Å². The average Bonchev–Trinajstić information content (AvgIpc) is 2.46. The van der Waals surface area contributed by atoms with Crippen molar-refractivity contribution in [1.29, 1.82) is 0 Å². The molecule has 0 bridgehead atoms. The van der Waals surface area contributed by atoms with Crippen LogP contribution in [-0.2, 0) is 9.84 Å². The van der Waals surface area contributed by atoms with Crippen molar-refractivity contribution in [2.24, 2.45) is 0 Å². The Hall–Kier alpha value is -1.10. The van der Waals surface area contributed by atoms with E-state index in [0.29, 0.717) is 17.7 Å². The number of pyridine rings is 1. The number of aromatic nitrogens is 1. The molecule has 0 amide bonds. The summed E-state index contributed by atoms with van der Waals surface area (Å²) in [7, 11) is -2.97. The smallest absolute Gasteiger partial charge is 0.157 e. The summed E-state index contributed by atoms with van der Waals surface area (Å²) in [5.41, 5.74) is 6.88. The van der Waals surface area contributed by atoms with Crippen molar-refractivity contribution < 1.29 is 8.42 Å². The fourth-order valence-electron chi connectivity index (χ4n) is 1.85. The summed E-state index contributed by atoms with van der Waals surface area (Å²) in [5.74, 6) is 0.277. The van der Waals surface area contributed by atoms with E-state index in [4.69, 9.17) is 5.73 Å². The summed E-state index contributed by atoms with van der Waals surface area (Å²) < 4.78 is 23.3. The number of rotatable bonds is 1. The lowest BCUT2D eigenvalue weighted by atomic mass is 10.1. The molecule has 5 heteroatoms. The van der Waals surface area contributed by atoms with Crippen molar-refractivity contribution in [3.8, 4) is 0 Å². The highest BCUT2D eigenvalue weighted by atomic mass is 32.2. The molecule has 1 atom stereocenters. The van der Waals surface area contributed by atoms with E-state index in [2.05, 4.69) is 4.98 Å². The quantitative estimate of drug-likeness (QED) is 0.751. The lowest BCUT2D eigenvalue weighted by molar-refractivity contribution is 0.592. The molecule has 2 N–H and O–H groups in total. The zero-order valence-electron chi connectivity index (χ0n) is 7.68. The standard InChI is InChI=1S/C9H12N2O2S/c10-8-6-11-4-3-7(8)9-2-1-5-14(9,12)13/h3-4,6,9H,1-2,5,10H2. The van der Waals surface area contributed by atoms with Crippen molar-refractivity contribution in [2.75, 3.05) is 11.5 Å². The third kappa shape index (κ3) is 1.48. The maximum absolute atomic E-state index is 11.6. The Morgan fingerprint density at radius 2 is 2.29 bits per heavy atom. The summed E-state index contributed by atoms with van der Waals surface area (Å²) in [4.78, 5) is 3.84. The highest BCUT2D eigenvalue weighted by Crippen LogP contribution is 2.36. The summed E-state index contributed by atoms with van der Waals surface area (Å²) in [5, 5.41) is -0.412. The lowest BCUT2D eigenvalue weighted by Crippen LogP contribution is -2.10. The predicted molar refractivity (Wildman–Crippen MR) is 54.4 cm³/mol. The zero-order chi connectivity index (χ0) is 10.2. The van der Waals surface area contributed by atoms with E-state index in [1.807, 2.05) is 0 Å². The number of anilines is 1. The van der Waals surface area contributed by atoms with Crippen LogP contribution in [0.1, 0.15) is 23.7 Å². The zero-order valence-corrected chi connectivity index (χ0v) is 8.50. The molecule has 0 spiro atoms. The molecule has 1 fully saturated rings. The van der Waals surface area contributed by atoms with Crippen molar-refractivity contribution in [3.63, 3.8) is 0 Å². The Labute approximate surface area is 83.1 Å². The summed E-state index contributed by atoms with van der Waals surface area (Å²) >= 11 is 0. The molecular weight excluding hydrogens is 200 g/mol. The third-order valence-electron chi connectivity index (χ3n) is 2.56. The highest BCUT2D eigenvalue weighted by molar-refractivity contribution is 7.91. The van der Waals surface area contributed by atoms with Gasteiger partial charge in [0.25, 0.3) is 0 Å². The second-order valence-electron chi connectivity index (χ2n) is 3.50. The molecule has 0 saturated carbocycles. The first-order valence-electron chi connectivity index (χ1n) is 4.52. The first-order valence-corrected chi connectivity index (χ1v) is 6.24. The fraction of sp³-hybridized carbons (Fsp3) is 0.444. The van der Waals surface area contributed by atoms with Gasteiger partial charge in [-0.2, -0.15) is 0 Å². The fourth-order valence-corrected chi connectivity index (χ4v) is 3.83. The molecule has 0 aliphatic carbocycles. The van der Waals surface area contributed by atoms with Gasteiger partial charge in [-0.3, -0.25) is 4.98 Å². The number of sulfone groups is 1. The van der Waals surface area contributed by atoms with Crippen LogP contribution >= 0.6 is 0 Å². The number of nitrogens with zero attached hydrogens (tertiary/aromatic N) is 1. The predicted octanol–water partition coefficient (Wildman–Crippen LogP) is 0.914. The maximum Gasteiger partial charge on any atom is 0.157 e. The van der Waals surface area contributed by atoms with E-state index >= 15 is 0 Å². The van der Waals surface area contributed by atoms with Gasteiger partial charge in [-0.15, -0.1) is 0 Å². The van der Waals surface area contributed by atoms with Crippen molar-refractivity contribution in [3.05, 3.63) is 24.0 Å². The van der Waals surface area contributed by atoms with Gasteiger partial charge in [-0.05, 0) is 24.5 Å². The molecule has 1 saturated heterocycles. The van der Waals surface area contributed by atoms with Crippen LogP contribution in [0.15, 0.2) is 18.5 Å². The van der Waals surface area contributed by atoms with Crippen LogP contribution in [0.25, 0.3) is 0 Å². The molecule has 1 aromatic heterocycles. The van der Waals surface area contributed by atoms with Gasteiger partial charge in [0.05, 0.1) is 22.9 Å². The Kier molecular flexibility index (Phi) is 2.19. The van der Waals surface area contributed by atoms with Gasteiger partial charge < -0.3 is 5.73 Å². The lowest BCUT2D eigenvalue weighted by Gasteiger charge is -2.11. The van der Waals surface area contributed by atoms with Crippen LogP contribution in [0.5, 0.6) is 0 Å². The summed E-state index contributed by atoms with van der Waals surface area (Å²) in [6.07, 6.45) is 4.49. The van der Waals surface area contributed by atoms with E-state index in [-0.39, 0.29) is 5.75 Å². The molecule has 14 heavy (non-hydrogen) atoms. The normalized spacial score (nSPS) is 25.0. The number of hydrogen-bond donors (Lipinski definition) is 1. The summed E-state index contributed by atoms with van der Waals surface area (Å²) in [6, 6.07) is 1.70. The summed E-state index contributed by atoms with van der Waals surface area (Å²) in [6.45, 7) is 0. The van der Waals surface area contributed by atoms with Gasteiger partial charge in [-0.1, -0.05) is 0 Å². The second-order valence-corrected chi connectivity index (χ2v) is 5.81. The molecule has 2 rings (SSSR count). The van der Waals surface area contributed by atoms with E-state index in [9.17, 15) is 8.42 Å². The van der Waals surface area contributed by atoms with Crippen LogP contribution in [0.3, 0.4) is 0 Å². The van der Waals surface area contributed by atoms with Crippen LogP contribution in [0, 0.1) is 0 Å². The van der Waals surface area contributed by atoms with Crippen LogP contribution < -0.4 is 5.73 Å². The van der Waals surface area contributed by atoms with Gasteiger partial charge in [-0.25, -0.2) is 8.42 Å². The second kappa shape index (κ2) is 3.24. The molecule has 76 valence electrons. The van der Waals surface area contributed by atoms with E-state index in [0.717, 1.165) is 6.42 Å². The Morgan fingerprint density at radius 1 is 1.50 bits per heavy atom. The largest absolute Gasteiger partial charge is 0.397 e. The van der Waals surface area contributed by atoms with Crippen LogP contribution in [-0.4, -0.2) is 19.2 Å². The van der Waals surface area contributed by atoms with Gasteiger partial charge >= 0.3 is 0 Å². The number of hydrogen-bond acceptors (Lipinski definition) is 4. The monoisotopic (exact) mass is 212 g/mol. The minimum Gasteiger partial charge on any atom is -0.397 e. The third-order valence-corrected chi connectivity index (χ3v) is 4.78. The SMILES string of the molecule is Nc1cnccc1C1CCCS1(=O)=O. The molecule has 1 aromatic rings. The van der Waals surface area contributed by atoms with Crippen molar-refractivity contribution in [1.82, 2.24) is 4.98 Å². The Bertz CT molecular complexity index is 442. The van der Waals surface area contributed by atoms with E-state index in [1.54, 1.807) is 12.3 Å². The molecule has 0 radical (unpaired) electrons. The highest BCUT2D eigenvalue weighted by Gasteiger charge is 2.33. The van der Waals surface area contributed by atoms with Crippen LogP contribution in [0.4, 0.5) is 5.69 Å². The van der Waals surface area contributed by atoms with Gasteiger partial charge in [0.2, 0.25) is 0 Å². The number of nitrogen functional groups attached to an aromatic ring is 1. The first-order chi connectivity index (χ1) is 6.61. The molecule has 2 heterocycles. The average molecular weight is 212 g/mol. The van der Waals surface area contributed by atoms with Crippen molar-refractivity contribution in [2.45, 2.75) is 18.1 Å². The van der Waals surface area contributed by atoms with Gasteiger partial charge in [0.15, 0.2) is 9.84 Å². The van der Waals surface area contributed by atoms with Crippen LogP contribution in [0.2, 0.25) is 0 Å². The first kappa shape index (κ1) is 9.45. The number of nitrogens with two attached hydrogens (primary N) is 1. The van der Waals surface area contributed by atoms with Gasteiger partial charge in [0.1, 0.15) is 0 Å². The Morgan fingerprint density at radius 3 is 2.86 bits per heavy atom. The maximum atomic E-state index is 11.6. The molecule has 0 aromatic carbocycles. The minimum atomic E-state index is -2.97. The molecule has 1 aliphatic rings. The van der Waals surface area contributed by atoms with E-state index in [1.165, 1.54) is 6.20 Å². The Balaban J connectivity index is 2.46. The topological polar surface area (TPSA) is 73.0 Å². The molecule has 1 aliphatic heterocycles. The van der Waals surface area contributed by atoms with E-state index < -0.39 is 15.1 Å². The minimum absolute atomic E-state index is 0.277. The van der Waals surface area contributed by atoms with Crippen molar-refractivity contribution >= 4 is 15.5 Å².